The molecule has 0 saturated heterocycles. The molecule has 0 atom stereocenters. The van der Waals surface area contributed by atoms with Gasteiger partial charge in [-0.2, -0.15) is 5.10 Å². The number of nitrogens with zero attached hydrogens (tertiary/aromatic N) is 4. The van der Waals surface area contributed by atoms with Gasteiger partial charge >= 0.3 is 0 Å². The van der Waals surface area contributed by atoms with Crippen LogP contribution in [0.25, 0.3) is 55.4 Å². The van der Waals surface area contributed by atoms with Gasteiger partial charge in [0.1, 0.15) is 5.69 Å². The number of H-pyrrole nitrogens is 2. The van der Waals surface area contributed by atoms with Gasteiger partial charge in [0.15, 0.2) is 5.82 Å². The number of likely N-dealkylation sites (N-methyl/N-ethyl adjacent to an activating group) is 1. The van der Waals surface area contributed by atoms with Crippen LogP contribution in [0.1, 0.15) is 5.56 Å². The molecule has 0 spiro atoms. The van der Waals surface area contributed by atoms with E-state index in [0.717, 1.165) is 62.9 Å². The lowest BCUT2D eigenvalue weighted by molar-refractivity contribution is 0.414. The number of aromatic amines is 2. The van der Waals surface area contributed by atoms with E-state index in [2.05, 4.69) is 93.8 Å². The number of hydrogen-bond donors (Lipinski definition) is 2. The highest BCUT2D eigenvalue weighted by molar-refractivity contribution is 6.00. The number of pyridine rings is 1. The number of para-hydroxylation sites is 1. The van der Waals surface area contributed by atoms with Crippen LogP contribution in [0.4, 0.5) is 0 Å². The molecule has 0 bridgehead atoms. The fourth-order valence-electron chi connectivity index (χ4n) is 4.46. The van der Waals surface area contributed by atoms with E-state index in [4.69, 9.17) is 4.98 Å². The molecule has 0 aliphatic heterocycles. The summed E-state index contributed by atoms with van der Waals surface area (Å²) >= 11 is 0. The smallest absolute Gasteiger partial charge is 0.159 e. The molecule has 0 fully saturated rings. The zero-order valence-corrected chi connectivity index (χ0v) is 18.6. The molecule has 6 rings (SSSR count). The maximum atomic E-state index is 4.97. The Morgan fingerprint density at radius 1 is 0.879 bits per heavy atom. The minimum atomic E-state index is 0.779. The van der Waals surface area contributed by atoms with Crippen molar-refractivity contribution in [2.45, 2.75) is 6.42 Å². The molecule has 0 aliphatic carbocycles. The Morgan fingerprint density at radius 2 is 1.79 bits per heavy atom. The van der Waals surface area contributed by atoms with Crippen LogP contribution >= 0.6 is 0 Å². The summed E-state index contributed by atoms with van der Waals surface area (Å²) in [5.74, 6) is 0.779. The summed E-state index contributed by atoms with van der Waals surface area (Å²) in [5.41, 5.74) is 7.32. The normalized spacial score (nSPS) is 11.8. The molecule has 6 aromatic rings. The van der Waals surface area contributed by atoms with E-state index in [1.165, 1.54) is 10.9 Å². The molecule has 33 heavy (non-hydrogen) atoms. The van der Waals surface area contributed by atoms with Crippen LogP contribution in [0.5, 0.6) is 0 Å². The molecule has 3 aromatic carbocycles. The van der Waals surface area contributed by atoms with E-state index in [1.54, 1.807) is 0 Å². The number of hydrogen-bond acceptors (Lipinski definition) is 4. The van der Waals surface area contributed by atoms with Crippen LogP contribution in [0.2, 0.25) is 0 Å². The van der Waals surface area contributed by atoms with Crippen molar-refractivity contribution in [1.82, 2.24) is 30.0 Å². The van der Waals surface area contributed by atoms with Gasteiger partial charge in [0.25, 0.3) is 0 Å². The van der Waals surface area contributed by atoms with Crippen molar-refractivity contribution in [3.05, 3.63) is 78.6 Å². The first-order valence-electron chi connectivity index (χ1n) is 11.1. The van der Waals surface area contributed by atoms with Crippen molar-refractivity contribution in [2.75, 3.05) is 20.6 Å². The molecular weight excluding hydrogens is 408 g/mol. The lowest BCUT2D eigenvalue weighted by atomic mass is 9.99. The Labute approximate surface area is 191 Å². The number of rotatable bonds is 5. The van der Waals surface area contributed by atoms with Gasteiger partial charge in [-0.25, -0.2) is 4.98 Å². The van der Waals surface area contributed by atoms with E-state index in [9.17, 15) is 0 Å². The first-order chi connectivity index (χ1) is 16.2. The number of fused-ring (bicyclic) bond motifs is 3. The van der Waals surface area contributed by atoms with E-state index < -0.39 is 0 Å². The van der Waals surface area contributed by atoms with Crippen molar-refractivity contribution >= 4 is 32.7 Å². The Morgan fingerprint density at radius 3 is 2.70 bits per heavy atom. The molecule has 3 heterocycles. The lowest BCUT2D eigenvalue weighted by Crippen LogP contribution is -2.15. The summed E-state index contributed by atoms with van der Waals surface area (Å²) in [5, 5.41) is 11.1. The van der Waals surface area contributed by atoms with E-state index in [-0.39, 0.29) is 0 Å². The SMILES string of the molecule is CN(C)CCc1cccc2[nH]c(-c3n[nH]c4ccc(-c5cncc6ccccc56)cc34)nc12. The summed E-state index contributed by atoms with van der Waals surface area (Å²) in [6, 6.07) is 21.0. The van der Waals surface area contributed by atoms with Gasteiger partial charge in [-0.05, 0) is 55.2 Å². The van der Waals surface area contributed by atoms with Crippen LogP contribution in [-0.2, 0) is 6.42 Å². The molecular formula is C27H24N6. The highest BCUT2D eigenvalue weighted by Crippen LogP contribution is 2.33. The molecule has 3 aromatic heterocycles. The van der Waals surface area contributed by atoms with Crippen LogP contribution in [0, 0.1) is 0 Å². The number of imidazole rings is 1. The fraction of sp³-hybridized carbons (Fsp3) is 0.148. The molecule has 0 aliphatic rings. The monoisotopic (exact) mass is 432 g/mol. The van der Waals surface area contributed by atoms with Crippen LogP contribution in [0.3, 0.4) is 0 Å². The van der Waals surface area contributed by atoms with Crippen LogP contribution in [-0.4, -0.2) is 50.7 Å². The average molecular weight is 433 g/mol. The largest absolute Gasteiger partial charge is 0.337 e. The molecule has 0 saturated carbocycles. The number of benzene rings is 3. The molecule has 0 radical (unpaired) electrons. The van der Waals surface area contributed by atoms with Crippen molar-refractivity contribution in [1.29, 1.82) is 0 Å². The maximum Gasteiger partial charge on any atom is 0.159 e. The van der Waals surface area contributed by atoms with Crippen LogP contribution < -0.4 is 0 Å². The minimum Gasteiger partial charge on any atom is -0.337 e. The van der Waals surface area contributed by atoms with Crippen molar-refractivity contribution in [3.63, 3.8) is 0 Å². The van der Waals surface area contributed by atoms with Gasteiger partial charge in [0.2, 0.25) is 0 Å². The fourth-order valence-corrected chi connectivity index (χ4v) is 4.46. The number of aromatic nitrogens is 5. The van der Waals surface area contributed by atoms with E-state index >= 15 is 0 Å². The predicted octanol–water partition coefficient (Wildman–Crippen LogP) is 5.43. The standard InChI is InChI=1S/C27H24N6/c1-33(2)13-12-17-7-5-9-24-25(17)30-27(29-24)26-21-14-18(10-11-23(21)31-32-26)22-16-28-15-19-6-3-4-8-20(19)22/h3-11,14-16H,12-13H2,1-2H3,(H,29,30)(H,31,32). The van der Waals surface area contributed by atoms with Gasteiger partial charge in [-0.3, -0.25) is 10.1 Å². The van der Waals surface area contributed by atoms with Gasteiger partial charge in [-0.1, -0.05) is 42.5 Å². The highest BCUT2D eigenvalue weighted by atomic mass is 15.1. The third-order valence-electron chi connectivity index (χ3n) is 6.19. The highest BCUT2D eigenvalue weighted by Gasteiger charge is 2.16. The molecule has 0 amide bonds. The van der Waals surface area contributed by atoms with Gasteiger partial charge in [-0.15, -0.1) is 0 Å². The Bertz CT molecular complexity index is 1600. The second kappa shape index (κ2) is 7.83. The van der Waals surface area contributed by atoms with Gasteiger partial charge in [0.05, 0.1) is 16.6 Å². The summed E-state index contributed by atoms with van der Waals surface area (Å²) in [7, 11) is 4.18. The first-order valence-corrected chi connectivity index (χ1v) is 11.1. The van der Waals surface area contributed by atoms with E-state index in [1.807, 2.05) is 18.5 Å². The molecule has 6 heteroatoms. The predicted molar refractivity (Wildman–Crippen MR) is 134 cm³/mol. The molecule has 0 unspecified atom stereocenters. The van der Waals surface area contributed by atoms with Crippen molar-refractivity contribution in [2.24, 2.45) is 0 Å². The first kappa shape index (κ1) is 19.6. The van der Waals surface area contributed by atoms with Gasteiger partial charge < -0.3 is 9.88 Å². The summed E-state index contributed by atoms with van der Waals surface area (Å²) in [6.45, 7) is 0.981. The minimum absolute atomic E-state index is 0.779. The van der Waals surface area contributed by atoms with E-state index in [0.29, 0.717) is 0 Å². The topological polar surface area (TPSA) is 73.5 Å². The zero-order valence-electron chi connectivity index (χ0n) is 18.6. The Kier molecular flexibility index (Phi) is 4.66. The third kappa shape index (κ3) is 3.45. The van der Waals surface area contributed by atoms with Gasteiger partial charge in [0, 0.05) is 35.3 Å². The quantitative estimate of drug-likeness (QED) is 0.381. The second-order valence-corrected chi connectivity index (χ2v) is 8.69. The third-order valence-corrected chi connectivity index (χ3v) is 6.19. The molecule has 2 N–H and O–H groups in total. The van der Waals surface area contributed by atoms with Crippen LogP contribution in [0.15, 0.2) is 73.1 Å². The number of nitrogens with one attached hydrogen (secondary N) is 2. The Balaban J connectivity index is 1.47. The Hall–Kier alpha value is -4.03. The second-order valence-electron chi connectivity index (χ2n) is 8.69. The molecule has 162 valence electrons. The average Bonchev–Trinajstić information content (AvgIpc) is 3.46. The summed E-state index contributed by atoms with van der Waals surface area (Å²) < 4.78 is 0. The zero-order chi connectivity index (χ0) is 22.4. The van der Waals surface area contributed by atoms with Crippen molar-refractivity contribution < 1.29 is 0 Å². The summed E-state index contributed by atoms with van der Waals surface area (Å²) in [4.78, 5) is 15.1. The summed E-state index contributed by atoms with van der Waals surface area (Å²) in [6.07, 6.45) is 4.79. The van der Waals surface area contributed by atoms with Crippen molar-refractivity contribution in [3.8, 4) is 22.6 Å². The molecule has 6 nitrogen and oxygen atoms in total. The lowest BCUT2D eigenvalue weighted by Gasteiger charge is -2.09. The maximum absolute atomic E-state index is 4.97.